The molecule has 2 saturated heterocycles. The summed E-state index contributed by atoms with van der Waals surface area (Å²) in [5.41, 5.74) is 2.13. The van der Waals surface area contributed by atoms with Crippen molar-refractivity contribution in [3.63, 3.8) is 0 Å². The molecule has 2 heterocycles. The number of amides is 1. The third-order valence-electron chi connectivity index (χ3n) is 6.10. The molecule has 1 aromatic rings. The van der Waals surface area contributed by atoms with Gasteiger partial charge in [-0.15, -0.1) is 0 Å². The normalized spacial score (nSPS) is 19.5. The molecule has 1 unspecified atom stereocenters. The van der Waals surface area contributed by atoms with Gasteiger partial charge in [0.05, 0.1) is 19.8 Å². The summed E-state index contributed by atoms with van der Waals surface area (Å²) in [6.45, 7) is 13.4. The number of hydrogen-bond donors (Lipinski definition) is 2. The molecule has 1 atom stereocenters. The Labute approximate surface area is 187 Å². The van der Waals surface area contributed by atoms with Crippen molar-refractivity contribution in [3.05, 3.63) is 29.8 Å². The van der Waals surface area contributed by atoms with Gasteiger partial charge in [0.15, 0.2) is 5.96 Å². The number of rotatable bonds is 8. The number of carbonyl (C=O) groups excluding carboxylic acids is 1. The zero-order valence-electron chi connectivity index (χ0n) is 19.4. The van der Waals surface area contributed by atoms with E-state index in [-0.39, 0.29) is 5.91 Å². The molecule has 31 heavy (non-hydrogen) atoms. The fourth-order valence-electron chi connectivity index (χ4n) is 4.27. The van der Waals surface area contributed by atoms with E-state index >= 15 is 0 Å². The molecule has 7 nitrogen and oxygen atoms in total. The Kier molecular flexibility index (Phi) is 9.15. The van der Waals surface area contributed by atoms with Crippen LogP contribution in [0.4, 0.5) is 5.69 Å². The van der Waals surface area contributed by atoms with Gasteiger partial charge < -0.3 is 20.3 Å². The highest BCUT2D eigenvalue weighted by atomic mass is 16.5. The SMILES string of the molecule is CCNC(=NCc1ccc(N2CCCCC2=O)cc1)NCC(C(C)C)N1CCOCC1. The van der Waals surface area contributed by atoms with Crippen molar-refractivity contribution in [1.82, 2.24) is 15.5 Å². The summed E-state index contributed by atoms with van der Waals surface area (Å²) in [4.78, 5) is 21.3. The number of nitrogens with one attached hydrogen (secondary N) is 2. The topological polar surface area (TPSA) is 69.2 Å². The van der Waals surface area contributed by atoms with Crippen molar-refractivity contribution in [1.29, 1.82) is 0 Å². The van der Waals surface area contributed by atoms with E-state index in [1.807, 2.05) is 17.0 Å². The van der Waals surface area contributed by atoms with E-state index in [9.17, 15) is 4.79 Å². The average molecular weight is 430 g/mol. The summed E-state index contributed by atoms with van der Waals surface area (Å²) in [5.74, 6) is 1.63. The Hall–Kier alpha value is -2.12. The second-order valence-corrected chi connectivity index (χ2v) is 8.70. The minimum atomic E-state index is 0.232. The van der Waals surface area contributed by atoms with Gasteiger partial charge in [-0.2, -0.15) is 0 Å². The summed E-state index contributed by atoms with van der Waals surface area (Å²) in [6, 6.07) is 8.70. The number of ether oxygens (including phenoxy) is 1. The lowest BCUT2D eigenvalue weighted by atomic mass is 10.0. The number of benzene rings is 1. The molecule has 0 aromatic heterocycles. The van der Waals surface area contributed by atoms with Gasteiger partial charge in [0.25, 0.3) is 0 Å². The minimum absolute atomic E-state index is 0.232. The molecule has 1 amide bonds. The third-order valence-corrected chi connectivity index (χ3v) is 6.10. The van der Waals surface area contributed by atoms with E-state index < -0.39 is 0 Å². The Balaban J connectivity index is 1.57. The molecule has 3 rings (SSSR count). The third kappa shape index (κ3) is 6.94. The maximum Gasteiger partial charge on any atom is 0.226 e. The zero-order chi connectivity index (χ0) is 22.1. The maximum atomic E-state index is 12.1. The average Bonchev–Trinajstić information content (AvgIpc) is 2.79. The van der Waals surface area contributed by atoms with Crippen LogP contribution < -0.4 is 15.5 Å². The lowest BCUT2D eigenvalue weighted by Crippen LogP contribution is -2.52. The predicted molar refractivity (Wildman–Crippen MR) is 126 cm³/mol. The molecule has 2 N–H and O–H groups in total. The summed E-state index contributed by atoms with van der Waals surface area (Å²) in [6.07, 6.45) is 2.74. The van der Waals surface area contributed by atoms with Gasteiger partial charge in [0.2, 0.25) is 5.91 Å². The zero-order valence-corrected chi connectivity index (χ0v) is 19.4. The fourth-order valence-corrected chi connectivity index (χ4v) is 4.27. The maximum absolute atomic E-state index is 12.1. The summed E-state index contributed by atoms with van der Waals surface area (Å²) in [7, 11) is 0. The van der Waals surface area contributed by atoms with Crippen molar-refractivity contribution in [3.8, 4) is 0 Å². The van der Waals surface area contributed by atoms with Crippen molar-refractivity contribution in [2.75, 3.05) is 50.8 Å². The van der Waals surface area contributed by atoms with Gasteiger partial charge in [0.1, 0.15) is 0 Å². The molecule has 7 heteroatoms. The van der Waals surface area contributed by atoms with Crippen molar-refractivity contribution < 1.29 is 9.53 Å². The Morgan fingerprint density at radius 1 is 1.10 bits per heavy atom. The lowest BCUT2D eigenvalue weighted by molar-refractivity contribution is -0.119. The van der Waals surface area contributed by atoms with Crippen molar-refractivity contribution in [2.45, 2.75) is 52.6 Å². The Morgan fingerprint density at radius 3 is 2.48 bits per heavy atom. The van der Waals surface area contributed by atoms with E-state index in [1.165, 1.54) is 0 Å². The molecule has 2 aliphatic rings. The van der Waals surface area contributed by atoms with Crippen LogP contribution in [0.1, 0.15) is 45.6 Å². The van der Waals surface area contributed by atoms with Crippen LogP contribution in [0, 0.1) is 5.92 Å². The highest BCUT2D eigenvalue weighted by Crippen LogP contribution is 2.21. The second kappa shape index (κ2) is 12.1. The largest absolute Gasteiger partial charge is 0.379 e. The number of guanidine groups is 1. The van der Waals surface area contributed by atoms with Crippen LogP contribution in [0.15, 0.2) is 29.3 Å². The first-order valence-corrected chi connectivity index (χ1v) is 11.8. The molecule has 0 bridgehead atoms. The van der Waals surface area contributed by atoms with Crippen LogP contribution in [-0.2, 0) is 16.1 Å². The number of anilines is 1. The molecule has 1 aromatic carbocycles. The lowest BCUT2D eigenvalue weighted by Gasteiger charge is -2.37. The number of piperidine rings is 1. The van der Waals surface area contributed by atoms with Gasteiger partial charge in [-0.1, -0.05) is 26.0 Å². The number of aliphatic imine (C=N–C) groups is 1. The molecule has 0 spiro atoms. The molecular weight excluding hydrogens is 390 g/mol. The van der Waals surface area contributed by atoms with Crippen LogP contribution in [0.5, 0.6) is 0 Å². The van der Waals surface area contributed by atoms with E-state index in [4.69, 9.17) is 9.73 Å². The van der Waals surface area contributed by atoms with Crippen LogP contribution in [0.25, 0.3) is 0 Å². The summed E-state index contributed by atoms with van der Waals surface area (Å²) < 4.78 is 5.51. The Bertz CT molecular complexity index is 713. The summed E-state index contributed by atoms with van der Waals surface area (Å²) in [5, 5.41) is 6.90. The predicted octanol–water partition coefficient (Wildman–Crippen LogP) is 2.62. The van der Waals surface area contributed by atoms with Crippen molar-refractivity contribution >= 4 is 17.6 Å². The monoisotopic (exact) mass is 429 g/mol. The van der Waals surface area contributed by atoms with Gasteiger partial charge in [-0.25, -0.2) is 4.99 Å². The number of morpholine rings is 1. The highest BCUT2D eigenvalue weighted by molar-refractivity contribution is 5.93. The van der Waals surface area contributed by atoms with E-state index in [0.717, 1.165) is 76.0 Å². The molecule has 0 saturated carbocycles. The molecule has 0 aliphatic carbocycles. The Morgan fingerprint density at radius 2 is 1.84 bits per heavy atom. The molecular formula is C24H39N5O2. The summed E-state index contributed by atoms with van der Waals surface area (Å²) >= 11 is 0. The molecule has 0 radical (unpaired) electrons. The first-order chi connectivity index (χ1) is 15.1. The van der Waals surface area contributed by atoms with Gasteiger partial charge in [-0.05, 0) is 43.4 Å². The minimum Gasteiger partial charge on any atom is -0.379 e. The number of carbonyl (C=O) groups is 1. The second-order valence-electron chi connectivity index (χ2n) is 8.70. The van der Waals surface area contributed by atoms with Crippen molar-refractivity contribution in [2.24, 2.45) is 10.9 Å². The van der Waals surface area contributed by atoms with E-state index in [1.54, 1.807) is 0 Å². The molecule has 2 fully saturated rings. The number of hydrogen-bond acceptors (Lipinski definition) is 4. The van der Waals surface area contributed by atoms with Crippen LogP contribution in [0.3, 0.4) is 0 Å². The molecule has 172 valence electrons. The first-order valence-electron chi connectivity index (χ1n) is 11.8. The van der Waals surface area contributed by atoms with Gasteiger partial charge in [-0.3, -0.25) is 9.69 Å². The van der Waals surface area contributed by atoms with E-state index in [0.29, 0.717) is 24.9 Å². The first kappa shape index (κ1) is 23.5. The number of nitrogens with zero attached hydrogens (tertiary/aromatic N) is 3. The van der Waals surface area contributed by atoms with Crippen LogP contribution in [0.2, 0.25) is 0 Å². The van der Waals surface area contributed by atoms with E-state index in [2.05, 4.69) is 48.4 Å². The fraction of sp³-hybridized carbons (Fsp3) is 0.667. The quantitative estimate of drug-likeness (QED) is 0.491. The molecule has 2 aliphatic heterocycles. The van der Waals surface area contributed by atoms with Gasteiger partial charge in [0, 0.05) is 50.9 Å². The highest BCUT2D eigenvalue weighted by Gasteiger charge is 2.24. The van der Waals surface area contributed by atoms with Crippen LogP contribution >= 0.6 is 0 Å². The van der Waals surface area contributed by atoms with Gasteiger partial charge >= 0.3 is 0 Å². The smallest absolute Gasteiger partial charge is 0.226 e. The standard InChI is InChI=1S/C24H39N5O2/c1-4-25-24(27-18-22(19(2)3)28-13-15-31-16-14-28)26-17-20-8-10-21(11-9-20)29-12-6-5-7-23(29)30/h8-11,19,22H,4-7,12-18H2,1-3H3,(H2,25,26,27). The van der Waals surface area contributed by atoms with Crippen LogP contribution in [-0.4, -0.2) is 68.7 Å².